The van der Waals surface area contributed by atoms with Crippen LogP contribution in [-0.4, -0.2) is 29.3 Å². The molecular weight excluding hydrogens is 214 g/mol. The van der Waals surface area contributed by atoms with Gasteiger partial charge < -0.3 is 14.6 Å². The summed E-state index contributed by atoms with van der Waals surface area (Å²) >= 11 is 0. The second-order valence-electron chi connectivity index (χ2n) is 5.69. The third-order valence-corrected chi connectivity index (χ3v) is 3.20. The molecule has 0 fully saturated rings. The maximum atomic E-state index is 5.18. The van der Waals surface area contributed by atoms with Gasteiger partial charge in [0.1, 0.15) is 0 Å². The van der Waals surface area contributed by atoms with Crippen LogP contribution >= 0.6 is 0 Å². The van der Waals surface area contributed by atoms with Crippen LogP contribution in [0.2, 0.25) is 0 Å². The molecule has 1 N–H and O–H groups in total. The Morgan fingerprint density at radius 3 is 2.59 bits per heavy atom. The first-order valence-electron chi connectivity index (χ1n) is 6.14. The lowest BCUT2D eigenvalue weighted by Gasteiger charge is -2.29. The number of imidazole rings is 1. The van der Waals surface area contributed by atoms with Gasteiger partial charge in [-0.25, -0.2) is 4.98 Å². The summed E-state index contributed by atoms with van der Waals surface area (Å²) in [6.07, 6.45) is 3.81. The van der Waals surface area contributed by atoms with E-state index in [1.807, 2.05) is 12.4 Å². The van der Waals surface area contributed by atoms with Gasteiger partial charge in [0.15, 0.2) is 0 Å². The molecule has 1 heterocycles. The van der Waals surface area contributed by atoms with Crippen LogP contribution in [0.3, 0.4) is 0 Å². The molecule has 4 nitrogen and oxygen atoms in total. The van der Waals surface area contributed by atoms with Crippen LogP contribution in [0.4, 0.5) is 5.95 Å². The molecule has 0 amide bonds. The van der Waals surface area contributed by atoms with E-state index in [1.54, 1.807) is 7.11 Å². The average Bonchev–Trinajstić information content (AvgIpc) is 2.64. The number of nitrogens with one attached hydrogen (secondary N) is 1. The van der Waals surface area contributed by atoms with Gasteiger partial charge in [0.05, 0.1) is 12.6 Å². The second kappa shape index (κ2) is 5.54. The van der Waals surface area contributed by atoms with Crippen molar-refractivity contribution in [3.63, 3.8) is 0 Å². The van der Waals surface area contributed by atoms with Gasteiger partial charge in [-0.2, -0.15) is 0 Å². The van der Waals surface area contributed by atoms with Crippen molar-refractivity contribution in [3.8, 4) is 0 Å². The molecule has 1 aromatic heterocycles. The lowest BCUT2D eigenvalue weighted by atomic mass is 9.88. The summed E-state index contributed by atoms with van der Waals surface area (Å²) in [4.78, 5) is 4.37. The summed E-state index contributed by atoms with van der Waals surface area (Å²) < 4.78 is 7.30. The van der Waals surface area contributed by atoms with Crippen molar-refractivity contribution in [1.29, 1.82) is 0 Å². The first kappa shape index (κ1) is 14.0. The number of methoxy groups -OCH3 is 1. The quantitative estimate of drug-likeness (QED) is 0.858. The van der Waals surface area contributed by atoms with E-state index in [9.17, 15) is 0 Å². The van der Waals surface area contributed by atoms with Crippen molar-refractivity contribution < 1.29 is 4.74 Å². The van der Waals surface area contributed by atoms with Crippen molar-refractivity contribution in [3.05, 3.63) is 12.4 Å². The number of rotatable bonds is 5. The van der Waals surface area contributed by atoms with Crippen LogP contribution in [0, 0.1) is 5.41 Å². The normalized spacial score (nSPS) is 15.6. The number of nitrogens with zero attached hydrogens (tertiary/aromatic N) is 2. The standard InChI is InChI=1S/C13H25N3O/c1-10(9-17-6)16-8-7-14-12(16)15-11(2)13(3,4)5/h7-8,10-11H,9H2,1-6H3,(H,14,15). The lowest BCUT2D eigenvalue weighted by Crippen LogP contribution is -2.32. The summed E-state index contributed by atoms with van der Waals surface area (Å²) in [5, 5.41) is 3.47. The van der Waals surface area contributed by atoms with E-state index in [-0.39, 0.29) is 11.5 Å². The molecule has 98 valence electrons. The Bertz CT molecular complexity index is 341. The van der Waals surface area contributed by atoms with E-state index < -0.39 is 0 Å². The average molecular weight is 239 g/mol. The van der Waals surface area contributed by atoms with Gasteiger partial charge in [0.2, 0.25) is 5.95 Å². The van der Waals surface area contributed by atoms with Crippen LogP contribution in [0.15, 0.2) is 12.4 Å². The summed E-state index contributed by atoms with van der Waals surface area (Å²) in [5.41, 5.74) is 0.210. The maximum absolute atomic E-state index is 5.18. The molecule has 1 rings (SSSR count). The topological polar surface area (TPSA) is 39.1 Å². The highest BCUT2D eigenvalue weighted by Crippen LogP contribution is 2.23. The van der Waals surface area contributed by atoms with Gasteiger partial charge in [-0.15, -0.1) is 0 Å². The summed E-state index contributed by atoms with van der Waals surface area (Å²) in [6.45, 7) is 11.6. The Kier molecular flexibility index (Phi) is 4.57. The van der Waals surface area contributed by atoms with E-state index in [0.717, 1.165) is 5.95 Å². The highest BCUT2D eigenvalue weighted by molar-refractivity contribution is 5.28. The molecule has 0 aliphatic carbocycles. The highest BCUT2D eigenvalue weighted by atomic mass is 16.5. The molecule has 0 aromatic carbocycles. The number of aromatic nitrogens is 2. The zero-order valence-electron chi connectivity index (χ0n) is 11.8. The molecule has 4 heteroatoms. The predicted octanol–water partition coefficient (Wildman–Crippen LogP) is 2.94. The maximum Gasteiger partial charge on any atom is 0.203 e. The predicted molar refractivity (Wildman–Crippen MR) is 71.4 cm³/mol. The Morgan fingerprint density at radius 1 is 1.41 bits per heavy atom. The van der Waals surface area contributed by atoms with Crippen molar-refractivity contribution in [1.82, 2.24) is 9.55 Å². The minimum atomic E-state index is 0.210. The molecule has 2 atom stereocenters. The van der Waals surface area contributed by atoms with E-state index in [2.05, 4.69) is 49.5 Å². The fourth-order valence-electron chi connectivity index (χ4n) is 1.51. The van der Waals surface area contributed by atoms with E-state index >= 15 is 0 Å². The minimum absolute atomic E-state index is 0.210. The van der Waals surface area contributed by atoms with Crippen LogP contribution in [0.25, 0.3) is 0 Å². The number of hydrogen-bond acceptors (Lipinski definition) is 3. The van der Waals surface area contributed by atoms with Gasteiger partial charge in [0, 0.05) is 25.5 Å². The van der Waals surface area contributed by atoms with Gasteiger partial charge in [-0.3, -0.25) is 0 Å². The molecule has 0 aliphatic rings. The molecule has 0 saturated heterocycles. The van der Waals surface area contributed by atoms with E-state index in [1.165, 1.54) is 0 Å². The van der Waals surface area contributed by atoms with Gasteiger partial charge in [0.25, 0.3) is 0 Å². The summed E-state index contributed by atoms with van der Waals surface area (Å²) in [6, 6.07) is 0.649. The monoisotopic (exact) mass is 239 g/mol. The van der Waals surface area contributed by atoms with Crippen molar-refractivity contribution in [2.45, 2.75) is 46.7 Å². The smallest absolute Gasteiger partial charge is 0.203 e. The molecular formula is C13H25N3O. The Morgan fingerprint density at radius 2 is 2.06 bits per heavy atom. The van der Waals surface area contributed by atoms with Gasteiger partial charge >= 0.3 is 0 Å². The Labute approximate surface area is 104 Å². The van der Waals surface area contributed by atoms with Crippen LogP contribution in [-0.2, 0) is 4.74 Å². The third-order valence-electron chi connectivity index (χ3n) is 3.20. The highest BCUT2D eigenvalue weighted by Gasteiger charge is 2.21. The zero-order chi connectivity index (χ0) is 13.1. The molecule has 0 radical (unpaired) electrons. The molecule has 0 saturated carbocycles. The second-order valence-corrected chi connectivity index (χ2v) is 5.69. The number of ether oxygens (including phenoxy) is 1. The molecule has 0 spiro atoms. The van der Waals surface area contributed by atoms with Gasteiger partial charge in [-0.05, 0) is 19.3 Å². The first-order valence-corrected chi connectivity index (χ1v) is 6.14. The molecule has 2 unspecified atom stereocenters. The number of anilines is 1. The number of hydrogen-bond donors (Lipinski definition) is 1. The molecule has 1 aromatic rings. The van der Waals surface area contributed by atoms with Crippen LogP contribution in [0.1, 0.15) is 40.7 Å². The lowest BCUT2D eigenvalue weighted by molar-refractivity contribution is 0.163. The first-order chi connectivity index (χ1) is 7.86. The Balaban J connectivity index is 2.76. The Hall–Kier alpha value is -1.03. The fourth-order valence-corrected chi connectivity index (χ4v) is 1.51. The third kappa shape index (κ3) is 3.73. The van der Waals surface area contributed by atoms with Crippen molar-refractivity contribution in [2.24, 2.45) is 5.41 Å². The van der Waals surface area contributed by atoms with E-state index in [4.69, 9.17) is 4.74 Å². The SMILES string of the molecule is COCC(C)n1ccnc1NC(C)C(C)(C)C. The largest absolute Gasteiger partial charge is 0.383 e. The minimum Gasteiger partial charge on any atom is -0.383 e. The van der Waals surface area contributed by atoms with Crippen molar-refractivity contribution in [2.75, 3.05) is 19.0 Å². The summed E-state index contributed by atoms with van der Waals surface area (Å²) in [7, 11) is 1.72. The fraction of sp³-hybridized carbons (Fsp3) is 0.769. The van der Waals surface area contributed by atoms with Crippen LogP contribution < -0.4 is 5.32 Å². The van der Waals surface area contributed by atoms with Crippen LogP contribution in [0.5, 0.6) is 0 Å². The molecule has 17 heavy (non-hydrogen) atoms. The molecule has 0 aliphatic heterocycles. The zero-order valence-corrected chi connectivity index (χ0v) is 11.8. The van der Waals surface area contributed by atoms with Gasteiger partial charge in [-0.1, -0.05) is 20.8 Å². The summed E-state index contributed by atoms with van der Waals surface area (Å²) in [5.74, 6) is 0.914. The molecule has 0 bridgehead atoms. The van der Waals surface area contributed by atoms with Crippen molar-refractivity contribution >= 4 is 5.95 Å². The van der Waals surface area contributed by atoms with E-state index in [0.29, 0.717) is 12.6 Å².